The molecule has 0 bridgehead atoms. The van der Waals surface area contributed by atoms with Gasteiger partial charge in [-0.2, -0.15) is 0 Å². The van der Waals surface area contributed by atoms with Crippen LogP contribution in [0.2, 0.25) is 0 Å². The van der Waals surface area contributed by atoms with Gasteiger partial charge in [-0.25, -0.2) is 0 Å². The van der Waals surface area contributed by atoms with Crippen LogP contribution in [0.4, 0.5) is 0 Å². The highest BCUT2D eigenvalue weighted by Crippen LogP contribution is 2.41. The van der Waals surface area contributed by atoms with Crippen LogP contribution in [0, 0.1) is 11.3 Å². The summed E-state index contributed by atoms with van der Waals surface area (Å²) in [6.45, 7) is 11.8. The molecule has 0 aromatic heterocycles. The Morgan fingerprint density at radius 2 is 2.24 bits per heavy atom. The molecule has 0 amide bonds. The second-order valence-electron chi connectivity index (χ2n) is 5.37. The minimum atomic E-state index is -0.324. The van der Waals surface area contributed by atoms with Crippen molar-refractivity contribution in [3.63, 3.8) is 0 Å². The van der Waals surface area contributed by atoms with Gasteiger partial charge in [0.2, 0.25) is 0 Å². The summed E-state index contributed by atoms with van der Waals surface area (Å²) in [5.74, 6) is 0.477. The highest BCUT2D eigenvalue weighted by Gasteiger charge is 2.30. The van der Waals surface area contributed by atoms with E-state index in [4.69, 9.17) is 4.74 Å². The number of esters is 1. The molecular formula is C15H22O2. The van der Waals surface area contributed by atoms with Crippen molar-refractivity contribution in [2.75, 3.05) is 0 Å². The minimum Gasteiger partial charge on any atom is -0.427 e. The van der Waals surface area contributed by atoms with Gasteiger partial charge < -0.3 is 4.74 Å². The van der Waals surface area contributed by atoms with Crippen molar-refractivity contribution >= 4 is 5.97 Å². The zero-order chi connectivity index (χ0) is 13.1. The number of rotatable bonds is 3. The smallest absolute Gasteiger partial charge is 0.308 e. The van der Waals surface area contributed by atoms with E-state index >= 15 is 0 Å². The van der Waals surface area contributed by atoms with E-state index in [0.717, 1.165) is 6.42 Å². The van der Waals surface area contributed by atoms with E-state index in [1.165, 1.54) is 18.9 Å². The molecule has 0 aromatic carbocycles. The Balaban J connectivity index is 2.75. The Morgan fingerprint density at radius 3 is 2.76 bits per heavy atom. The number of carbonyl (C=O) groups excluding carboxylic acids is 1. The first-order valence-corrected chi connectivity index (χ1v) is 6.05. The molecule has 1 atom stereocenters. The van der Waals surface area contributed by atoms with Crippen LogP contribution >= 0.6 is 0 Å². The zero-order valence-corrected chi connectivity index (χ0v) is 11.2. The van der Waals surface area contributed by atoms with Gasteiger partial charge >= 0.3 is 5.97 Å². The Morgan fingerprint density at radius 1 is 1.59 bits per heavy atom. The normalized spacial score (nSPS) is 23.3. The van der Waals surface area contributed by atoms with E-state index in [9.17, 15) is 4.79 Å². The lowest BCUT2D eigenvalue weighted by Gasteiger charge is -2.36. The van der Waals surface area contributed by atoms with Crippen molar-refractivity contribution < 1.29 is 9.53 Å². The second-order valence-corrected chi connectivity index (χ2v) is 5.37. The van der Waals surface area contributed by atoms with Gasteiger partial charge in [-0.1, -0.05) is 38.2 Å². The molecular weight excluding hydrogens is 212 g/mol. The van der Waals surface area contributed by atoms with Crippen molar-refractivity contribution in [3.8, 4) is 0 Å². The number of hydrogen-bond donors (Lipinski definition) is 0. The van der Waals surface area contributed by atoms with Crippen molar-refractivity contribution in [3.05, 3.63) is 36.1 Å². The molecule has 0 N–H and O–H groups in total. The molecule has 0 aromatic rings. The van der Waals surface area contributed by atoms with E-state index in [1.807, 2.05) is 0 Å². The van der Waals surface area contributed by atoms with Crippen molar-refractivity contribution in [1.82, 2.24) is 0 Å². The van der Waals surface area contributed by atoms with Crippen LogP contribution in [-0.2, 0) is 9.53 Å². The van der Waals surface area contributed by atoms with Gasteiger partial charge in [0.25, 0.3) is 0 Å². The fraction of sp³-hybridized carbons (Fsp3) is 0.533. The van der Waals surface area contributed by atoms with Crippen LogP contribution in [0.3, 0.4) is 0 Å². The summed E-state index contributed by atoms with van der Waals surface area (Å²) in [6.07, 6.45) is 8.51. The quantitative estimate of drug-likeness (QED) is 0.319. The molecule has 94 valence electrons. The van der Waals surface area contributed by atoms with E-state index < -0.39 is 0 Å². The third-order valence-electron chi connectivity index (χ3n) is 3.34. The van der Waals surface area contributed by atoms with E-state index in [-0.39, 0.29) is 11.4 Å². The third kappa shape index (κ3) is 3.88. The number of ether oxygens (including phenoxy) is 1. The first kappa shape index (κ1) is 13.8. The Bertz CT molecular complexity index is 372. The molecule has 0 saturated carbocycles. The number of carbonyl (C=O) groups is 1. The predicted octanol–water partition coefficient (Wildman–Crippen LogP) is 4.00. The Labute approximate surface area is 104 Å². The molecule has 1 aliphatic rings. The lowest BCUT2D eigenvalue weighted by Crippen LogP contribution is -2.26. The summed E-state index contributed by atoms with van der Waals surface area (Å²) in [5, 5.41) is 0. The monoisotopic (exact) mass is 234 g/mol. The zero-order valence-electron chi connectivity index (χ0n) is 11.2. The largest absolute Gasteiger partial charge is 0.427 e. The summed E-state index contributed by atoms with van der Waals surface area (Å²) in [4.78, 5) is 10.8. The van der Waals surface area contributed by atoms with Gasteiger partial charge in [-0.15, -0.1) is 0 Å². The van der Waals surface area contributed by atoms with Crippen LogP contribution in [-0.4, -0.2) is 5.97 Å². The van der Waals surface area contributed by atoms with Gasteiger partial charge in [0.1, 0.15) is 5.76 Å². The maximum atomic E-state index is 10.8. The molecule has 0 fully saturated rings. The van der Waals surface area contributed by atoms with Gasteiger partial charge in [-0.05, 0) is 31.3 Å². The first-order valence-electron chi connectivity index (χ1n) is 6.05. The summed E-state index contributed by atoms with van der Waals surface area (Å²) in [5.41, 5.74) is 1.64. The van der Waals surface area contributed by atoms with Crippen LogP contribution in [0.15, 0.2) is 36.1 Å². The van der Waals surface area contributed by atoms with Crippen LogP contribution in [0.1, 0.15) is 40.5 Å². The molecule has 1 aliphatic carbocycles. The summed E-state index contributed by atoms with van der Waals surface area (Å²) < 4.78 is 4.91. The fourth-order valence-electron chi connectivity index (χ4n) is 2.41. The standard InChI is InChI=1S/C15H22O2/c1-11-7-6-10-15(4,5)14(11)9-8-12(2)17-13(3)16/h7-9,14H,2,6,10H2,1,3-5H3/t14-/m0/s1. The van der Waals surface area contributed by atoms with Crippen molar-refractivity contribution in [2.24, 2.45) is 11.3 Å². The molecule has 2 heteroatoms. The molecule has 17 heavy (non-hydrogen) atoms. The van der Waals surface area contributed by atoms with Crippen molar-refractivity contribution in [1.29, 1.82) is 0 Å². The lowest BCUT2D eigenvalue weighted by atomic mass is 9.68. The van der Waals surface area contributed by atoms with Crippen LogP contribution in [0.25, 0.3) is 0 Å². The van der Waals surface area contributed by atoms with E-state index in [1.54, 1.807) is 6.08 Å². The molecule has 2 nitrogen and oxygen atoms in total. The van der Waals surface area contributed by atoms with Crippen LogP contribution in [0.5, 0.6) is 0 Å². The lowest BCUT2D eigenvalue weighted by molar-refractivity contribution is -0.136. The van der Waals surface area contributed by atoms with E-state index in [0.29, 0.717) is 11.7 Å². The summed E-state index contributed by atoms with van der Waals surface area (Å²) in [7, 11) is 0. The summed E-state index contributed by atoms with van der Waals surface area (Å²) >= 11 is 0. The second kappa shape index (κ2) is 5.35. The Kier molecular flexibility index (Phi) is 4.33. The molecule has 0 aliphatic heterocycles. The number of allylic oxidation sites excluding steroid dienone is 4. The Hall–Kier alpha value is -1.31. The average molecular weight is 234 g/mol. The van der Waals surface area contributed by atoms with Gasteiger partial charge in [0.05, 0.1) is 0 Å². The molecule has 0 spiro atoms. The van der Waals surface area contributed by atoms with Gasteiger partial charge in [0, 0.05) is 12.8 Å². The van der Waals surface area contributed by atoms with Crippen LogP contribution < -0.4 is 0 Å². The highest BCUT2D eigenvalue weighted by molar-refractivity contribution is 5.67. The maximum Gasteiger partial charge on any atom is 0.308 e. The SMILES string of the molecule is C=C(C=C[C@H]1C(C)=CCCC1(C)C)OC(C)=O. The molecule has 0 saturated heterocycles. The minimum absolute atomic E-state index is 0.256. The van der Waals surface area contributed by atoms with Gasteiger partial charge in [0.15, 0.2) is 0 Å². The van der Waals surface area contributed by atoms with Crippen molar-refractivity contribution in [2.45, 2.75) is 40.5 Å². The topological polar surface area (TPSA) is 26.3 Å². The molecule has 0 heterocycles. The summed E-state index contributed by atoms with van der Waals surface area (Å²) in [6, 6.07) is 0. The first-order chi connectivity index (χ1) is 7.83. The molecule has 0 unspecified atom stereocenters. The third-order valence-corrected chi connectivity index (χ3v) is 3.34. The fourth-order valence-corrected chi connectivity index (χ4v) is 2.41. The highest BCUT2D eigenvalue weighted by atomic mass is 16.5. The van der Waals surface area contributed by atoms with E-state index in [2.05, 4.69) is 39.5 Å². The number of hydrogen-bond acceptors (Lipinski definition) is 2. The predicted molar refractivity (Wildman–Crippen MR) is 70.3 cm³/mol. The average Bonchev–Trinajstić information content (AvgIpc) is 2.14. The van der Waals surface area contributed by atoms with Gasteiger partial charge in [-0.3, -0.25) is 4.79 Å². The molecule has 1 rings (SSSR count). The maximum absolute atomic E-state index is 10.8. The molecule has 0 radical (unpaired) electrons.